The molecule has 2 aromatic rings. The van der Waals surface area contributed by atoms with Crippen LogP contribution in [0.1, 0.15) is 29.5 Å². The van der Waals surface area contributed by atoms with Gasteiger partial charge in [0.1, 0.15) is 11.9 Å². The van der Waals surface area contributed by atoms with Gasteiger partial charge in [0.05, 0.1) is 29.3 Å². The molecule has 1 aliphatic rings. The zero-order valence-corrected chi connectivity index (χ0v) is 17.2. The lowest BCUT2D eigenvalue weighted by molar-refractivity contribution is 0.679. The lowest BCUT2D eigenvalue weighted by Crippen LogP contribution is -2.32. The molecule has 0 spiro atoms. The maximum atomic E-state index is 9.83. The van der Waals surface area contributed by atoms with Crippen LogP contribution in [0.15, 0.2) is 40.1 Å². The lowest BCUT2D eigenvalue weighted by Gasteiger charge is -2.29. The molecule has 136 valence electrons. The zero-order chi connectivity index (χ0) is 17.3. The van der Waals surface area contributed by atoms with Crippen LogP contribution in [-0.2, 0) is 0 Å². The number of nitrogens with one attached hydrogen (secondary N) is 3. The van der Waals surface area contributed by atoms with Crippen LogP contribution in [0.2, 0.25) is 0 Å². The quantitative estimate of drug-likeness (QED) is 0.652. The second-order valence-electron chi connectivity index (χ2n) is 5.53. The third kappa shape index (κ3) is 3.58. The predicted molar refractivity (Wildman–Crippen MR) is 109 cm³/mol. The molecule has 1 aliphatic heterocycles. The molecule has 0 bridgehead atoms. The molecule has 1 aromatic heterocycles. The van der Waals surface area contributed by atoms with Gasteiger partial charge in [0.2, 0.25) is 0 Å². The zero-order valence-electron chi connectivity index (χ0n) is 14.0. The number of anilines is 1. The molecule has 2 heterocycles. The average Bonchev–Trinajstić information content (AvgIpc) is 3.08. The van der Waals surface area contributed by atoms with E-state index in [4.69, 9.17) is 0 Å². The Hall–Kier alpha value is -2.03. The van der Waals surface area contributed by atoms with Crippen molar-refractivity contribution >= 4 is 46.6 Å². The maximum absolute atomic E-state index is 9.83. The van der Waals surface area contributed by atoms with E-state index >= 15 is 0 Å². The minimum Gasteiger partial charge on any atom is -0.342 e. The molecule has 0 fully saturated rings. The van der Waals surface area contributed by atoms with Gasteiger partial charge in [0.25, 0.3) is 0 Å². The van der Waals surface area contributed by atoms with E-state index in [-0.39, 0.29) is 36.8 Å². The fraction of sp³-hybridized carbons (Fsp3) is 0.235. The minimum atomic E-state index is -0.293. The van der Waals surface area contributed by atoms with Crippen molar-refractivity contribution in [3.63, 3.8) is 0 Å². The number of hydrogen-bond acceptors (Lipinski definition) is 5. The van der Waals surface area contributed by atoms with E-state index in [0.29, 0.717) is 15.6 Å². The summed E-state index contributed by atoms with van der Waals surface area (Å²) < 4.78 is 0.704. The molecule has 0 saturated heterocycles. The fourth-order valence-corrected chi connectivity index (χ4v) is 3.50. The van der Waals surface area contributed by atoms with Gasteiger partial charge in [0, 0.05) is 21.8 Å². The number of aromatic amines is 1. The van der Waals surface area contributed by atoms with Crippen molar-refractivity contribution in [3.8, 4) is 12.1 Å². The molecule has 9 heteroatoms. The van der Waals surface area contributed by atoms with Gasteiger partial charge in [-0.1, -0.05) is 12.1 Å². The van der Waals surface area contributed by atoms with E-state index in [1.807, 2.05) is 26.1 Å². The smallest absolute Gasteiger partial charge is 0.129 e. The number of nitriles is 2. The van der Waals surface area contributed by atoms with Crippen molar-refractivity contribution in [2.75, 3.05) is 12.4 Å². The summed E-state index contributed by atoms with van der Waals surface area (Å²) in [6.07, 6.45) is 1.72. The van der Waals surface area contributed by atoms with Crippen LogP contribution in [0, 0.1) is 22.7 Å². The third-order valence-corrected chi connectivity index (χ3v) is 5.15. The SMILES string of the molecule is CNC(C)C1=C(C#N)C(c2cccc(C#N)c2Br)c2cn[nH]c2N1.Cl.Cl. The van der Waals surface area contributed by atoms with Gasteiger partial charge in [0.15, 0.2) is 0 Å². The summed E-state index contributed by atoms with van der Waals surface area (Å²) in [4.78, 5) is 0. The van der Waals surface area contributed by atoms with Gasteiger partial charge in [-0.3, -0.25) is 5.10 Å². The molecule has 0 amide bonds. The van der Waals surface area contributed by atoms with Gasteiger partial charge in [-0.15, -0.1) is 24.8 Å². The van der Waals surface area contributed by atoms with E-state index in [1.54, 1.807) is 12.3 Å². The summed E-state index contributed by atoms with van der Waals surface area (Å²) in [5.41, 5.74) is 3.71. The largest absolute Gasteiger partial charge is 0.342 e. The Kier molecular flexibility index (Phi) is 7.68. The van der Waals surface area contributed by atoms with Crippen LogP contribution >= 0.6 is 40.7 Å². The summed E-state index contributed by atoms with van der Waals surface area (Å²) in [6, 6.07) is 9.99. The van der Waals surface area contributed by atoms with Crippen LogP contribution in [0.5, 0.6) is 0 Å². The molecule has 0 saturated carbocycles. The minimum absolute atomic E-state index is 0. The summed E-state index contributed by atoms with van der Waals surface area (Å²) >= 11 is 3.53. The molecular formula is C17H17BrCl2N6. The van der Waals surface area contributed by atoms with Gasteiger partial charge in [-0.05, 0) is 41.5 Å². The number of H-pyrrole nitrogens is 1. The average molecular weight is 456 g/mol. The number of allylic oxidation sites excluding steroid dienone is 1. The van der Waals surface area contributed by atoms with E-state index in [0.717, 1.165) is 22.6 Å². The lowest BCUT2D eigenvalue weighted by atomic mass is 9.82. The van der Waals surface area contributed by atoms with Crippen molar-refractivity contribution in [1.82, 2.24) is 15.5 Å². The van der Waals surface area contributed by atoms with Crippen molar-refractivity contribution < 1.29 is 0 Å². The first-order chi connectivity index (χ1) is 11.6. The number of benzene rings is 1. The van der Waals surface area contributed by atoms with E-state index < -0.39 is 0 Å². The summed E-state index contributed by atoms with van der Waals surface area (Å²) in [5, 5.41) is 32.6. The highest BCUT2D eigenvalue weighted by Gasteiger charge is 2.34. The van der Waals surface area contributed by atoms with Crippen molar-refractivity contribution in [1.29, 1.82) is 10.5 Å². The number of nitrogens with zero attached hydrogens (tertiary/aromatic N) is 3. The number of fused-ring (bicyclic) bond motifs is 1. The topological polar surface area (TPSA) is 100 Å². The molecule has 1 aromatic carbocycles. The van der Waals surface area contributed by atoms with E-state index in [2.05, 4.69) is 48.9 Å². The Morgan fingerprint density at radius 3 is 2.58 bits per heavy atom. The normalized spacial score (nSPS) is 16.1. The second kappa shape index (κ2) is 9.07. The highest BCUT2D eigenvalue weighted by Crippen LogP contribution is 2.43. The van der Waals surface area contributed by atoms with Crippen LogP contribution < -0.4 is 10.6 Å². The molecule has 3 rings (SSSR count). The van der Waals surface area contributed by atoms with Crippen LogP contribution in [0.25, 0.3) is 0 Å². The van der Waals surface area contributed by atoms with Crippen molar-refractivity contribution in [3.05, 3.63) is 56.8 Å². The standard InChI is InChI=1S/C17H15BrN6.2ClH/c1-9(21-2)16-12(7-20)14(13-8-22-24-17(13)23-16)11-5-3-4-10(6-19)15(11)18;;/h3-5,8-9,14,21H,1-2H3,(H2,22,23,24);2*1H. The van der Waals surface area contributed by atoms with Gasteiger partial charge < -0.3 is 10.6 Å². The van der Waals surface area contributed by atoms with Crippen molar-refractivity contribution in [2.45, 2.75) is 18.9 Å². The van der Waals surface area contributed by atoms with Gasteiger partial charge >= 0.3 is 0 Å². The van der Waals surface area contributed by atoms with Crippen molar-refractivity contribution in [2.24, 2.45) is 0 Å². The van der Waals surface area contributed by atoms with Crippen LogP contribution in [0.3, 0.4) is 0 Å². The van der Waals surface area contributed by atoms with Gasteiger partial charge in [-0.2, -0.15) is 15.6 Å². The first-order valence-corrected chi connectivity index (χ1v) is 8.21. The van der Waals surface area contributed by atoms with Crippen LogP contribution in [-0.4, -0.2) is 23.3 Å². The fourth-order valence-electron chi connectivity index (χ4n) is 2.92. The molecule has 6 nitrogen and oxygen atoms in total. The second-order valence-corrected chi connectivity index (χ2v) is 6.32. The van der Waals surface area contributed by atoms with Crippen LogP contribution in [0.4, 0.5) is 5.82 Å². The Balaban J connectivity index is 0.00000169. The van der Waals surface area contributed by atoms with E-state index in [9.17, 15) is 10.5 Å². The summed E-state index contributed by atoms with van der Waals surface area (Å²) in [5.74, 6) is 0.476. The summed E-state index contributed by atoms with van der Waals surface area (Å²) in [7, 11) is 1.85. The van der Waals surface area contributed by atoms with Gasteiger partial charge in [-0.25, -0.2) is 0 Å². The number of hydrogen-bond donors (Lipinski definition) is 3. The van der Waals surface area contributed by atoms with E-state index in [1.165, 1.54) is 0 Å². The number of halogens is 3. The molecule has 26 heavy (non-hydrogen) atoms. The third-order valence-electron chi connectivity index (χ3n) is 4.26. The Bertz CT molecular complexity index is 909. The Morgan fingerprint density at radius 1 is 1.23 bits per heavy atom. The maximum Gasteiger partial charge on any atom is 0.129 e. The Labute approximate surface area is 172 Å². The molecule has 3 N–H and O–H groups in total. The Morgan fingerprint density at radius 2 is 1.96 bits per heavy atom. The first-order valence-electron chi connectivity index (χ1n) is 7.42. The number of rotatable bonds is 3. The summed E-state index contributed by atoms with van der Waals surface area (Å²) in [6.45, 7) is 1.98. The molecule has 0 radical (unpaired) electrons. The molecular weight excluding hydrogens is 439 g/mol. The molecule has 2 unspecified atom stereocenters. The highest BCUT2D eigenvalue weighted by atomic mass is 79.9. The highest BCUT2D eigenvalue weighted by molar-refractivity contribution is 9.10. The number of aromatic nitrogens is 2. The monoisotopic (exact) mass is 454 g/mol. The predicted octanol–water partition coefficient (Wildman–Crippen LogP) is 3.83. The number of likely N-dealkylation sites (N-methyl/N-ethyl adjacent to an activating group) is 1. The first kappa shape index (κ1) is 22.0. The molecule has 0 aliphatic carbocycles. The molecule has 2 atom stereocenters.